The number of hydrogen-bond acceptors (Lipinski definition) is 3. The maximum atomic E-state index is 5.31. The molecule has 0 unspecified atom stereocenters. The molecule has 261 valence electrons. The number of aromatic nitrogens is 1. The van der Waals surface area contributed by atoms with Crippen LogP contribution in [0.4, 0.5) is 11.4 Å². The summed E-state index contributed by atoms with van der Waals surface area (Å²) in [4.78, 5) is 15.8. The number of aryl methyl sites for hydroxylation is 7. The van der Waals surface area contributed by atoms with Gasteiger partial charge in [0.1, 0.15) is 0 Å². The van der Waals surface area contributed by atoms with E-state index in [1.807, 2.05) is 0 Å². The van der Waals surface area contributed by atoms with E-state index in [-0.39, 0.29) is 54.3 Å². The molecule has 0 spiro atoms. The number of hydrogen-bond donors (Lipinski definition) is 0. The fraction of sp³-hybridized carbons (Fsp3) is 0.525. The Morgan fingerprint density at radius 2 is 0.766 bits per heavy atom. The largest absolute Gasteiger partial charge is 3.00 e. The number of halogens is 3. The molecule has 7 heteroatoms. The summed E-state index contributed by atoms with van der Waals surface area (Å²) in [5, 5.41) is 0. The predicted octanol–water partition coefficient (Wildman–Crippen LogP) is 2.40. The zero-order valence-corrected chi connectivity index (χ0v) is 33.7. The molecule has 0 bridgehead atoms. The van der Waals surface area contributed by atoms with Crippen LogP contribution in [0.5, 0.6) is 0 Å². The van der Waals surface area contributed by atoms with Crippen LogP contribution in [0.2, 0.25) is 0 Å². The zero-order chi connectivity index (χ0) is 31.4. The first kappa shape index (κ1) is 47.4. The summed E-state index contributed by atoms with van der Waals surface area (Å²) in [5.74, 6) is 0. The van der Waals surface area contributed by atoms with Crippen molar-refractivity contribution in [1.29, 1.82) is 0 Å². The van der Waals surface area contributed by atoms with E-state index in [0.29, 0.717) is 0 Å². The van der Waals surface area contributed by atoms with Crippen LogP contribution < -0.4 is 37.2 Å². The summed E-state index contributed by atoms with van der Waals surface area (Å²) >= 11 is 0. The number of nitrogens with zero attached hydrogens (tertiary/aromatic N) is 3. The smallest absolute Gasteiger partial charge is 1.00 e. The van der Waals surface area contributed by atoms with Gasteiger partial charge in [-0.1, -0.05) is 104 Å². The van der Waals surface area contributed by atoms with Gasteiger partial charge in [0.25, 0.3) is 0 Å². The maximum absolute atomic E-state index is 5.31. The molecule has 0 aliphatic rings. The van der Waals surface area contributed by atoms with E-state index in [4.69, 9.17) is 15.0 Å². The number of pyridine rings is 1. The summed E-state index contributed by atoms with van der Waals surface area (Å²) in [6, 6.07) is 13.9. The van der Waals surface area contributed by atoms with Gasteiger partial charge in [0.2, 0.25) is 0 Å². The van der Waals surface area contributed by atoms with Crippen molar-refractivity contribution in [2.24, 2.45) is 9.98 Å². The van der Waals surface area contributed by atoms with Crippen molar-refractivity contribution in [2.75, 3.05) is 0 Å². The van der Waals surface area contributed by atoms with Crippen molar-refractivity contribution in [3.63, 3.8) is 0 Å². The molecule has 47 heavy (non-hydrogen) atoms. The van der Waals surface area contributed by atoms with Gasteiger partial charge in [-0.3, -0.25) is 9.98 Å². The maximum Gasteiger partial charge on any atom is 3.00 e. The first-order valence-electron chi connectivity index (χ1n) is 17.2. The molecule has 1 radical (unpaired) electrons. The van der Waals surface area contributed by atoms with E-state index in [1.165, 1.54) is 51.8 Å². The molecule has 3 rings (SSSR count). The second kappa shape index (κ2) is 24.5. The molecule has 0 saturated heterocycles. The molecule has 0 saturated carbocycles. The van der Waals surface area contributed by atoms with Crippen molar-refractivity contribution in [3.8, 4) is 0 Å². The third-order valence-corrected chi connectivity index (χ3v) is 8.08. The van der Waals surface area contributed by atoms with Crippen LogP contribution in [0.15, 0.2) is 46.4 Å². The summed E-state index contributed by atoms with van der Waals surface area (Å²) in [7, 11) is 0. The Bertz CT molecular complexity index is 1270. The summed E-state index contributed by atoms with van der Waals surface area (Å²) < 4.78 is 0. The predicted molar refractivity (Wildman–Crippen MR) is 190 cm³/mol. The minimum absolute atomic E-state index is 0. The van der Waals surface area contributed by atoms with Crippen molar-refractivity contribution >= 4 is 22.8 Å². The van der Waals surface area contributed by atoms with Crippen molar-refractivity contribution in [2.45, 2.75) is 139 Å². The van der Waals surface area contributed by atoms with Crippen LogP contribution in [0, 0.1) is 6.92 Å². The first-order chi connectivity index (χ1) is 20.8. The molecule has 3 nitrogen and oxygen atoms in total. The molecule has 3 aromatic rings. The van der Waals surface area contributed by atoms with Gasteiger partial charge < -0.3 is 37.2 Å². The SMILES string of the molecule is CCCc1cc(CCC)c(N=C(C)c2cc(C)cc(C(C)=Nc3c(CCC)cc(CCC)cc3CCC)n2)c(CCC)c1.[Cl-].[Cl-].[Cl-].[Fe+3]. The molecule has 1 heterocycles. The van der Waals surface area contributed by atoms with Crippen LogP contribution in [0.3, 0.4) is 0 Å². The average Bonchev–Trinajstić information content (AvgIpc) is 2.97. The summed E-state index contributed by atoms with van der Waals surface area (Å²) in [5.41, 5.74) is 15.7. The van der Waals surface area contributed by atoms with Gasteiger partial charge in [-0.05, 0) is 110 Å². The van der Waals surface area contributed by atoms with E-state index >= 15 is 0 Å². The molecule has 0 aliphatic heterocycles. The second-order valence-corrected chi connectivity index (χ2v) is 12.3. The monoisotopic (exact) mass is 740 g/mol. The molecular formula is C40H57Cl3FeN3. The molecular weight excluding hydrogens is 685 g/mol. The Labute approximate surface area is 316 Å². The van der Waals surface area contributed by atoms with E-state index in [1.54, 1.807) is 0 Å². The van der Waals surface area contributed by atoms with Gasteiger partial charge in [-0.15, -0.1) is 0 Å². The molecule has 0 aliphatic carbocycles. The van der Waals surface area contributed by atoms with Crippen LogP contribution in [0.1, 0.15) is 144 Å². The fourth-order valence-electron chi connectivity index (χ4n) is 6.15. The third kappa shape index (κ3) is 13.6. The van der Waals surface area contributed by atoms with Gasteiger partial charge >= 0.3 is 17.1 Å². The second-order valence-electron chi connectivity index (χ2n) is 12.3. The van der Waals surface area contributed by atoms with Gasteiger partial charge in [-0.25, -0.2) is 4.98 Å². The summed E-state index contributed by atoms with van der Waals surface area (Å²) in [6.07, 6.45) is 13.2. The van der Waals surface area contributed by atoms with Gasteiger partial charge in [0.05, 0.1) is 34.2 Å². The Balaban J connectivity index is 0. The Hall–Kier alpha value is -1.68. The van der Waals surface area contributed by atoms with E-state index in [9.17, 15) is 0 Å². The Morgan fingerprint density at radius 3 is 1.02 bits per heavy atom. The van der Waals surface area contributed by atoms with Gasteiger partial charge in [0, 0.05) is 0 Å². The van der Waals surface area contributed by atoms with Crippen LogP contribution >= 0.6 is 0 Å². The van der Waals surface area contributed by atoms with Crippen LogP contribution in [0.25, 0.3) is 0 Å². The van der Waals surface area contributed by atoms with E-state index in [2.05, 4.69) is 98.7 Å². The standard InChI is InChI=1S/C40H57N3.3ClH.Fe/c1-10-16-31-24-33(18-12-3)39(34(25-31)19-13-4)41-29(8)37-22-28(7)23-38(43-37)30(9)42-40-35(20-14-5)26-32(17-11-2)27-36(40)21-15-6;;;;/h22-27H,10-21H2,1-9H3;3*1H;/q;;;;+3/p-3. The van der Waals surface area contributed by atoms with Crippen molar-refractivity contribution in [1.82, 2.24) is 4.98 Å². The van der Waals surface area contributed by atoms with Crippen molar-refractivity contribution < 1.29 is 54.3 Å². The normalized spacial score (nSPS) is 11.3. The van der Waals surface area contributed by atoms with Gasteiger partial charge in [0.15, 0.2) is 0 Å². The van der Waals surface area contributed by atoms with Crippen LogP contribution in [-0.4, -0.2) is 16.4 Å². The quantitative estimate of drug-likeness (QED) is 0.164. The topological polar surface area (TPSA) is 37.6 Å². The average molecular weight is 742 g/mol. The Morgan fingerprint density at radius 1 is 0.489 bits per heavy atom. The van der Waals surface area contributed by atoms with E-state index < -0.39 is 0 Å². The molecule has 0 amide bonds. The molecule has 0 atom stereocenters. The summed E-state index contributed by atoms with van der Waals surface area (Å²) in [6.45, 7) is 20.0. The van der Waals surface area contributed by atoms with Crippen LogP contribution in [-0.2, 0) is 55.6 Å². The first-order valence-corrected chi connectivity index (χ1v) is 17.2. The minimum atomic E-state index is 0. The number of aliphatic imine (C=N–C) groups is 2. The molecule has 1 aromatic heterocycles. The number of benzene rings is 2. The van der Waals surface area contributed by atoms with Crippen molar-refractivity contribution in [3.05, 3.63) is 86.7 Å². The minimum Gasteiger partial charge on any atom is -1.00 e. The molecule has 2 aromatic carbocycles. The third-order valence-electron chi connectivity index (χ3n) is 8.08. The molecule has 0 N–H and O–H groups in total. The van der Waals surface area contributed by atoms with E-state index in [0.717, 1.165) is 98.4 Å². The van der Waals surface area contributed by atoms with Gasteiger partial charge in [-0.2, -0.15) is 0 Å². The zero-order valence-electron chi connectivity index (χ0n) is 30.3. The Kier molecular flexibility index (Phi) is 24.7. The fourth-order valence-corrected chi connectivity index (χ4v) is 6.15. The molecule has 0 fully saturated rings. The number of rotatable bonds is 16.